The Kier molecular flexibility index (Phi) is 4.66. The molecule has 1 aliphatic heterocycles. The van der Waals surface area contributed by atoms with Gasteiger partial charge in [-0.15, -0.1) is 10.2 Å². The Bertz CT molecular complexity index is 598. The van der Waals surface area contributed by atoms with Gasteiger partial charge in [0, 0.05) is 6.54 Å². The summed E-state index contributed by atoms with van der Waals surface area (Å²) in [7, 11) is -2.97. The number of rotatable bonds is 6. The van der Waals surface area contributed by atoms with Crippen LogP contribution in [0.15, 0.2) is 5.16 Å². The van der Waals surface area contributed by atoms with Crippen molar-refractivity contribution in [2.24, 2.45) is 5.92 Å². The van der Waals surface area contributed by atoms with Crippen LogP contribution in [-0.4, -0.2) is 56.6 Å². The molecule has 1 unspecified atom stereocenters. The summed E-state index contributed by atoms with van der Waals surface area (Å²) in [6.07, 6.45) is 0.564. The highest BCUT2D eigenvalue weighted by Gasteiger charge is 2.29. The van der Waals surface area contributed by atoms with Gasteiger partial charge in [-0.3, -0.25) is 4.79 Å². The quantitative estimate of drug-likeness (QED) is 0.665. The average Bonchev–Trinajstić information content (AvgIpc) is 2.90. The zero-order valence-corrected chi connectivity index (χ0v) is 12.2. The number of hydrogen-bond donors (Lipinski definition) is 2. The standard InChI is InChI=1S/C10H15N3O5S2/c14-4-8-11-12-10(19-5-9(15)16)13(8)3-7-1-2-20(17,18)6-7/h7,14H,1-6H2,(H,15,16). The van der Waals surface area contributed by atoms with E-state index in [1.807, 2.05) is 0 Å². The fraction of sp³-hybridized carbons (Fsp3) is 0.700. The van der Waals surface area contributed by atoms with Gasteiger partial charge in [0.2, 0.25) is 0 Å². The molecule has 1 aromatic rings. The van der Waals surface area contributed by atoms with Crippen LogP contribution in [0, 0.1) is 5.92 Å². The van der Waals surface area contributed by atoms with Gasteiger partial charge in [-0.05, 0) is 12.3 Å². The zero-order chi connectivity index (χ0) is 14.8. The van der Waals surface area contributed by atoms with Crippen LogP contribution < -0.4 is 0 Å². The summed E-state index contributed by atoms with van der Waals surface area (Å²) in [5.41, 5.74) is 0. The number of thioether (sulfide) groups is 1. The Balaban J connectivity index is 2.12. The van der Waals surface area contributed by atoms with Crippen molar-refractivity contribution in [2.45, 2.75) is 24.7 Å². The van der Waals surface area contributed by atoms with Gasteiger partial charge in [0.25, 0.3) is 0 Å². The number of carboxylic acids is 1. The molecule has 2 heterocycles. The normalized spacial score (nSPS) is 21.1. The van der Waals surface area contributed by atoms with E-state index in [1.54, 1.807) is 4.57 Å². The molecule has 1 aromatic heterocycles. The first-order chi connectivity index (χ1) is 9.41. The lowest BCUT2D eigenvalue weighted by Gasteiger charge is -2.12. The molecule has 0 aromatic carbocycles. The largest absolute Gasteiger partial charge is 0.481 e. The third-order valence-electron chi connectivity index (χ3n) is 3.03. The number of hydrogen-bond acceptors (Lipinski definition) is 7. The first-order valence-electron chi connectivity index (χ1n) is 5.99. The van der Waals surface area contributed by atoms with Crippen molar-refractivity contribution in [3.63, 3.8) is 0 Å². The number of carbonyl (C=O) groups is 1. The predicted octanol–water partition coefficient (Wildman–Crippen LogP) is -0.618. The van der Waals surface area contributed by atoms with Crippen molar-refractivity contribution in [1.82, 2.24) is 14.8 Å². The minimum atomic E-state index is -2.97. The van der Waals surface area contributed by atoms with Crippen LogP contribution in [0.2, 0.25) is 0 Å². The summed E-state index contributed by atoms with van der Waals surface area (Å²) in [4.78, 5) is 10.6. The summed E-state index contributed by atoms with van der Waals surface area (Å²) in [5.74, 6) is -0.580. The second-order valence-corrected chi connectivity index (χ2v) is 7.79. The molecule has 0 bridgehead atoms. The van der Waals surface area contributed by atoms with Crippen LogP contribution in [0.3, 0.4) is 0 Å². The van der Waals surface area contributed by atoms with Crippen LogP contribution in [0.25, 0.3) is 0 Å². The maximum atomic E-state index is 11.5. The lowest BCUT2D eigenvalue weighted by molar-refractivity contribution is -0.133. The maximum absolute atomic E-state index is 11.5. The number of sulfone groups is 1. The van der Waals surface area contributed by atoms with Gasteiger partial charge in [0.1, 0.15) is 6.61 Å². The molecule has 0 radical (unpaired) electrons. The molecular weight excluding hydrogens is 306 g/mol. The first-order valence-corrected chi connectivity index (χ1v) is 8.80. The highest BCUT2D eigenvalue weighted by atomic mass is 32.2. The fourth-order valence-corrected chi connectivity index (χ4v) is 4.66. The number of aliphatic carboxylic acids is 1. The van der Waals surface area contributed by atoms with E-state index in [1.165, 1.54) is 0 Å². The summed E-state index contributed by atoms with van der Waals surface area (Å²) in [6, 6.07) is 0. The minimum absolute atomic E-state index is 0.0505. The number of aliphatic hydroxyl groups is 1. The number of aliphatic hydroxyl groups excluding tert-OH is 1. The first kappa shape index (κ1) is 15.3. The molecule has 2 rings (SSSR count). The molecule has 1 aliphatic rings. The van der Waals surface area contributed by atoms with E-state index >= 15 is 0 Å². The van der Waals surface area contributed by atoms with Gasteiger partial charge in [-0.2, -0.15) is 0 Å². The highest BCUT2D eigenvalue weighted by molar-refractivity contribution is 7.99. The third kappa shape index (κ3) is 3.70. The SMILES string of the molecule is O=C(O)CSc1nnc(CO)n1CC1CCS(=O)(=O)C1. The molecule has 10 heteroatoms. The lowest BCUT2D eigenvalue weighted by Crippen LogP contribution is -2.16. The number of nitrogens with zero attached hydrogens (tertiary/aromatic N) is 3. The molecule has 1 saturated heterocycles. The average molecular weight is 321 g/mol. The Morgan fingerprint density at radius 3 is 2.75 bits per heavy atom. The maximum Gasteiger partial charge on any atom is 0.313 e. The molecule has 0 saturated carbocycles. The van der Waals surface area contributed by atoms with E-state index in [4.69, 9.17) is 5.11 Å². The predicted molar refractivity (Wildman–Crippen MR) is 71.1 cm³/mol. The number of carboxylic acid groups (broad SMARTS) is 1. The number of aromatic nitrogens is 3. The van der Waals surface area contributed by atoms with Gasteiger partial charge < -0.3 is 14.8 Å². The van der Waals surface area contributed by atoms with E-state index in [-0.39, 0.29) is 29.8 Å². The van der Waals surface area contributed by atoms with Gasteiger partial charge in [-0.1, -0.05) is 11.8 Å². The minimum Gasteiger partial charge on any atom is -0.481 e. The Hall–Kier alpha value is -1.13. The van der Waals surface area contributed by atoms with E-state index in [9.17, 15) is 18.3 Å². The summed E-state index contributed by atoms with van der Waals surface area (Å²) >= 11 is 1.00. The van der Waals surface area contributed by atoms with Gasteiger partial charge in [0.05, 0.1) is 17.3 Å². The molecule has 20 heavy (non-hydrogen) atoms. The van der Waals surface area contributed by atoms with E-state index in [0.717, 1.165) is 11.8 Å². The van der Waals surface area contributed by atoms with Crippen LogP contribution in [0.5, 0.6) is 0 Å². The van der Waals surface area contributed by atoms with Crippen molar-refractivity contribution in [3.8, 4) is 0 Å². The van der Waals surface area contributed by atoms with Gasteiger partial charge >= 0.3 is 5.97 Å². The monoisotopic (exact) mass is 321 g/mol. The van der Waals surface area contributed by atoms with Gasteiger partial charge in [0.15, 0.2) is 20.8 Å². The zero-order valence-electron chi connectivity index (χ0n) is 10.6. The molecule has 2 N–H and O–H groups in total. The van der Waals surface area contributed by atoms with Crippen molar-refractivity contribution >= 4 is 27.6 Å². The third-order valence-corrected chi connectivity index (χ3v) is 5.82. The molecule has 0 spiro atoms. The van der Waals surface area contributed by atoms with Crippen molar-refractivity contribution in [2.75, 3.05) is 17.3 Å². The van der Waals surface area contributed by atoms with E-state index in [0.29, 0.717) is 23.9 Å². The van der Waals surface area contributed by atoms with Crippen LogP contribution in [0.1, 0.15) is 12.2 Å². The van der Waals surface area contributed by atoms with E-state index in [2.05, 4.69) is 10.2 Å². The van der Waals surface area contributed by atoms with Gasteiger partial charge in [-0.25, -0.2) is 8.42 Å². The lowest BCUT2D eigenvalue weighted by atomic mass is 10.1. The van der Waals surface area contributed by atoms with Crippen LogP contribution in [0.4, 0.5) is 0 Å². The van der Waals surface area contributed by atoms with Crippen molar-refractivity contribution in [3.05, 3.63) is 5.82 Å². The second kappa shape index (κ2) is 6.10. The Morgan fingerprint density at radius 1 is 1.45 bits per heavy atom. The van der Waals surface area contributed by atoms with Crippen LogP contribution >= 0.6 is 11.8 Å². The molecule has 0 aliphatic carbocycles. The fourth-order valence-electron chi connectivity index (χ4n) is 2.13. The Morgan fingerprint density at radius 2 is 2.20 bits per heavy atom. The Labute approximate surface area is 120 Å². The smallest absolute Gasteiger partial charge is 0.313 e. The second-order valence-electron chi connectivity index (χ2n) is 4.62. The molecule has 1 fully saturated rings. The van der Waals surface area contributed by atoms with E-state index < -0.39 is 15.8 Å². The summed E-state index contributed by atoms with van der Waals surface area (Å²) in [6.45, 7) is 0.0597. The van der Waals surface area contributed by atoms with Crippen molar-refractivity contribution < 1.29 is 23.4 Å². The molecule has 1 atom stereocenters. The topological polar surface area (TPSA) is 122 Å². The summed E-state index contributed by atoms with van der Waals surface area (Å²) < 4.78 is 24.5. The highest BCUT2D eigenvalue weighted by Crippen LogP contribution is 2.24. The van der Waals surface area contributed by atoms with Crippen molar-refractivity contribution in [1.29, 1.82) is 0 Å². The molecule has 0 amide bonds. The molecule has 112 valence electrons. The summed E-state index contributed by atoms with van der Waals surface area (Å²) in [5, 5.41) is 25.9. The van der Waals surface area contributed by atoms with Crippen LogP contribution in [-0.2, 0) is 27.8 Å². The molecule has 8 nitrogen and oxygen atoms in total. The molecular formula is C10H15N3O5S2.